The van der Waals surface area contributed by atoms with Crippen LogP contribution in [-0.2, 0) is 14.3 Å². The molecule has 152 valence electrons. The summed E-state index contributed by atoms with van der Waals surface area (Å²) in [5.41, 5.74) is 1.38. The molecule has 1 aliphatic heterocycles. The van der Waals surface area contributed by atoms with Crippen molar-refractivity contribution in [2.24, 2.45) is 4.99 Å². The van der Waals surface area contributed by atoms with E-state index in [2.05, 4.69) is 26.9 Å². The number of hydrogen-bond donors (Lipinski definition) is 3. The Balaban J connectivity index is 1.67. The fourth-order valence-electron chi connectivity index (χ4n) is 2.75. The Labute approximate surface area is 167 Å². The van der Waals surface area contributed by atoms with E-state index in [1.165, 1.54) is 0 Å². The van der Waals surface area contributed by atoms with Crippen LogP contribution < -0.4 is 16.0 Å². The fourth-order valence-corrected chi connectivity index (χ4v) is 2.75. The van der Waals surface area contributed by atoms with Crippen LogP contribution in [0, 0.1) is 12.3 Å². The molecular weight excluding hydrogens is 356 g/mol. The summed E-state index contributed by atoms with van der Waals surface area (Å²) in [4.78, 5) is 16.4. The van der Waals surface area contributed by atoms with Crippen LogP contribution in [0.1, 0.15) is 31.7 Å². The number of carbonyl (C=O) groups is 1. The number of terminal acetylenes is 1. The van der Waals surface area contributed by atoms with Crippen molar-refractivity contribution in [3.8, 4) is 12.3 Å². The predicted octanol–water partition coefficient (Wildman–Crippen LogP) is 1.75. The number of amides is 1. The van der Waals surface area contributed by atoms with Gasteiger partial charge in [-0.1, -0.05) is 12.0 Å². The van der Waals surface area contributed by atoms with Crippen LogP contribution in [0.4, 0.5) is 5.69 Å². The number of carbonyl (C=O) groups excluding carboxylic acids is 1. The van der Waals surface area contributed by atoms with Gasteiger partial charge < -0.3 is 25.4 Å². The molecule has 1 aromatic rings. The summed E-state index contributed by atoms with van der Waals surface area (Å²) in [6, 6.07) is 7.16. The average Bonchev–Trinajstić information content (AvgIpc) is 3.22. The maximum atomic E-state index is 12.1. The summed E-state index contributed by atoms with van der Waals surface area (Å²) in [7, 11) is 0. The Kier molecular flexibility index (Phi) is 9.91. The second kappa shape index (κ2) is 12.8. The molecule has 0 bridgehead atoms. The maximum Gasteiger partial charge on any atom is 0.246 e. The molecule has 28 heavy (non-hydrogen) atoms. The molecule has 1 amide bonds. The Morgan fingerprint density at radius 3 is 3.07 bits per heavy atom. The maximum absolute atomic E-state index is 12.1. The van der Waals surface area contributed by atoms with Gasteiger partial charge in [0.1, 0.15) is 6.54 Å². The highest BCUT2D eigenvalue weighted by atomic mass is 16.5. The number of nitrogens with one attached hydrogen (secondary N) is 3. The number of rotatable bonds is 10. The van der Waals surface area contributed by atoms with Gasteiger partial charge in [0.15, 0.2) is 5.96 Å². The van der Waals surface area contributed by atoms with Crippen molar-refractivity contribution in [3.05, 3.63) is 29.8 Å². The van der Waals surface area contributed by atoms with Gasteiger partial charge in [0.25, 0.3) is 0 Å². The first-order valence-electron chi connectivity index (χ1n) is 9.79. The monoisotopic (exact) mass is 386 g/mol. The summed E-state index contributed by atoms with van der Waals surface area (Å²) in [6.07, 6.45) is 8.69. The third kappa shape index (κ3) is 8.42. The number of hydrogen-bond acceptors (Lipinski definition) is 4. The van der Waals surface area contributed by atoms with Crippen molar-refractivity contribution in [3.63, 3.8) is 0 Å². The minimum atomic E-state index is -0.203. The van der Waals surface area contributed by atoms with Crippen molar-refractivity contribution in [2.75, 3.05) is 44.8 Å². The lowest BCUT2D eigenvalue weighted by Crippen LogP contribution is -2.38. The molecule has 7 heteroatoms. The zero-order valence-electron chi connectivity index (χ0n) is 16.5. The first-order valence-corrected chi connectivity index (χ1v) is 9.79. The third-order valence-corrected chi connectivity index (χ3v) is 4.12. The summed E-state index contributed by atoms with van der Waals surface area (Å²) < 4.78 is 11.2. The van der Waals surface area contributed by atoms with E-state index in [0.29, 0.717) is 38.0 Å². The minimum absolute atomic E-state index is 0.0190. The molecule has 3 N–H and O–H groups in total. The van der Waals surface area contributed by atoms with Crippen LogP contribution >= 0.6 is 0 Å². The minimum Gasteiger partial charge on any atom is -0.379 e. The lowest BCUT2D eigenvalue weighted by atomic mass is 10.2. The summed E-state index contributed by atoms with van der Waals surface area (Å²) in [6.45, 7) is 5.60. The van der Waals surface area contributed by atoms with Crippen molar-refractivity contribution < 1.29 is 14.3 Å². The van der Waals surface area contributed by atoms with Crippen LogP contribution in [0.2, 0.25) is 0 Å². The SMILES string of the molecule is C#Cc1cccc(NC(=O)CN=C(NCC)NCCCOCC2CCCO2)c1. The Hall–Kier alpha value is -2.56. The van der Waals surface area contributed by atoms with Gasteiger partial charge in [-0.3, -0.25) is 4.79 Å². The topological polar surface area (TPSA) is 84.0 Å². The van der Waals surface area contributed by atoms with Crippen molar-refractivity contribution in [1.82, 2.24) is 10.6 Å². The molecule has 7 nitrogen and oxygen atoms in total. The van der Waals surface area contributed by atoms with E-state index >= 15 is 0 Å². The number of guanidine groups is 1. The molecule has 2 rings (SSSR count). The molecule has 0 aliphatic carbocycles. The largest absolute Gasteiger partial charge is 0.379 e. The van der Waals surface area contributed by atoms with E-state index < -0.39 is 0 Å². The molecule has 1 saturated heterocycles. The van der Waals surface area contributed by atoms with Gasteiger partial charge in [0, 0.05) is 37.6 Å². The highest BCUT2D eigenvalue weighted by Crippen LogP contribution is 2.12. The van der Waals surface area contributed by atoms with Gasteiger partial charge in [0.2, 0.25) is 5.91 Å². The Morgan fingerprint density at radius 2 is 2.32 bits per heavy atom. The highest BCUT2D eigenvalue weighted by Gasteiger charge is 2.14. The van der Waals surface area contributed by atoms with Crippen LogP contribution in [0.3, 0.4) is 0 Å². The van der Waals surface area contributed by atoms with Gasteiger partial charge in [-0.25, -0.2) is 4.99 Å². The first-order chi connectivity index (χ1) is 13.7. The van der Waals surface area contributed by atoms with E-state index in [-0.39, 0.29) is 18.6 Å². The number of ether oxygens (including phenoxy) is 2. The van der Waals surface area contributed by atoms with Gasteiger partial charge in [-0.2, -0.15) is 0 Å². The third-order valence-electron chi connectivity index (χ3n) is 4.12. The highest BCUT2D eigenvalue weighted by molar-refractivity contribution is 5.94. The van der Waals surface area contributed by atoms with E-state index in [1.54, 1.807) is 18.2 Å². The fraction of sp³-hybridized carbons (Fsp3) is 0.524. The van der Waals surface area contributed by atoms with E-state index in [0.717, 1.165) is 31.4 Å². The number of benzene rings is 1. The van der Waals surface area contributed by atoms with Gasteiger partial charge in [-0.15, -0.1) is 6.42 Å². The molecular formula is C21H30N4O3. The summed E-state index contributed by atoms with van der Waals surface area (Å²) in [5.74, 6) is 2.95. The van der Waals surface area contributed by atoms with Gasteiger partial charge in [-0.05, 0) is 44.4 Å². The van der Waals surface area contributed by atoms with Crippen LogP contribution in [0.15, 0.2) is 29.3 Å². The van der Waals surface area contributed by atoms with E-state index in [4.69, 9.17) is 15.9 Å². The average molecular weight is 386 g/mol. The number of anilines is 1. The molecule has 1 heterocycles. The lowest BCUT2D eigenvalue weighted by molar-refractivity contribution is -0.114. The van der Waals surface area contributed by atoms with Crippen molar-refractivity contribution in [2.45, 2.75) is 32.3 Å². The molecule has 0 aromatic heterocycles. The zero-order valence-corrected chi connectivity index (χ0v) is 16.5. The second-order valence-corrected chi connectivity index (χ2v) is 6.46. The summed E-state index contributed by atoms with van der Waals surface area (Å²) in [5, 5.41) is 9.13. The Bertz CT molecular complexity index is 678. The molecule has 0 saturated carbocycles. The van der Waals surface area contributed by atoms with Crippen LogP contribution in [-0.4, -0.2) is 57.4 Å². The molecule has 0 radical (unpaired) electrons. The quantitative estimate of drug-likeness (QED) is 0.247. The van der Waals surface area contributed by atoms with Gasteiger partial charge in [0.05, 0.1) is 12.7 Å². The molecule has 1 fully saturated rings. The molecule has 1 aromatic carbocycles. The normalized spacial score (nSPS) is 16.4. The van der Waals surface area contributed by atoms with Gasteiger partial charge >= 0.3 is 0 Å². The van der Waals surface area contributed by atoms with Crippen LogP contribution in [0.5, 0.6) is 0 Å². The zero-order chi connectivity index (χ0) is 20.0. The smallest absolute Gasteiger partial charge is 0.246 e. The lowest BCUT2D eigenvalue weighted by Gasteiger charge is -2.12. The molecule has 1 aliphatic rings. The summed E-state index contributed by atoms with van der Waals surface area (Å²) >= 11 is 0. The standard InChI is InChI=1S/C21H30N4O3/c1-3-17-8-5-9-18(14-17)25-20(26)15-24-21(22-4-2)23-11-7-12-27-16-19-10-6-13-28-19/h1,5,8-9,14,19H,4,6-7,10-13,15-16H2,2H3,(H,25,26)(H2,22,23,24). The number of nitrogens with zero attached hydrogens (tertiary/aromatic N) is 1. The van der Waals surface area contributed by atoms with Crippen molar-refractivity contribution in [1.29, 1.82) is 0 Å². The second-order valence-electron chi connectivity index (χ2n) is 6.46. The van der Waals surface area contributed by atoms with Crippen molar-refractivity contribution >= 4 is 17.6 Å². The number of aliphatic imine (C=N–C) groups is 1. The predicted molar refractivity (Wildman–Crippen MR) is 111 cm³/mol. The first kappa shape index (κ1) is 21.7. The van der Waals surface area contributed by atoms with E-state index in [9.17, 15) is 4.79 Å². The Morgan fingerprint density at radius 1 is 1.43 bits per heavy atom. The molecule has 1 atom stereocenters. The van der Waals surface area contributed by atoms with E-state index in [1.807, 2.05) is 13.0 Å². The molecule has 0 spiro atoms. The van der Waals surface area contributed by atoms with Crippen LogP contribution in [0.25, 0.3) is 0 Å². The molecule has 1 unspecified atom stereocenters.